The Balaban J connectivity index is 1.89. The summed E-state index contributed by atoms with van der Waals surface area (Å²) in [7, 11) is 0. The maximum atomic E-state index is 13.4. The Morgan fingerprint density at radius 2 is 1.79 bits per heavy atom. The van der Waals surface area contributed by atoms with E-state index in [-0.39, 0.29) is 11.5 Å². The van der Waals surface area contributed by atoms with Crippen LogP contribution in [0.25, 0.3) is 0 Å². The van der Waals surface area contributed by atoms with Gasteiger partial charge in [-0.3, -0.25) is 9.79 Å². The van der Waals surface area contributed by atoms with Crippen LogP contribution >= 0.6 is 0 Å². The fraction of sp³-hybridized carbons (Fsp3) is 0.111. The van der Waals surface area contributed by atoms with Gasteiger partial charge in [0, 0.05) is 0 Å². The number of hydrogen-bond donors (Lipinski definition) is 0. The predicted octanol–water partition coefficient (Wildman–Crippen LogP) is 4.10. The summed E-state index contributed by atoms with van der Waals surface area (Å²) in [6, 6.07) is 10.8. The molecule has 3 rings (SSSR count). The molecule has 1 unspecified atom stereocenters. The van der Waals surface area contributed by atoms with Gasteiger partial charge in [0.05, 0.1) is 5.71 Å². The van der Waals surface area contributed by atoms with Gasteiger partial charge in [-0.15, -0.1) is 0 Å². The summed E-state index contributed by atoms with van der Waals surface area (Å²) in [5.41, 5.74) is 1.61. The van der Waals surface area contributed by atoms with Crippen molar-refractivity contribution in [2.75, 3.05) is 0 Å². The number of benzene rings is 2. The summed E-state index contributed by atoms with van der Waals surface area (Å²) in [4.78, 5) is 16.4. The third-order valence-electron chi connectivity index (χ3n) is 3.48. The van der Waals surface area contributed by atoms with E-state index in [9.17, 15) is 18.0 Å². The van der Waals surface area contributed by atoms with Gasteiger partial charge in [0.2, 0.25) is 0 Å². The van der Waals surface area contributed by atoms with Crippen molar-refractivity contribution in [2.45, 2.75) is 12.7 Å². The topological polar surface area (TPSA) is 38.7 Å². The van der Waals surface area contributed by atoms with Crippen molar-refractivity contribution >= 4 is 11.5 Å². The summed E-state index contributed by atoms with van der Waals surface area (Å²) >= 11 is 0. The van der Waals surface area contributed by atoms with Crippen LogP contribution in [0.5, 0.6) is 5.75 Å². The summed E-state index contributed by atoms with van der Waals surface area (Å²) in [6.45, 7) is -2.89. The lowest BCUT2D eigenvalue weighted by molar-refractivity contribution is -0.115. The van der Waals surface area contributed by atoms with Crippen molar-refractivity contribution in [3.63, 3.8) is 0 Å². The molecule has 1 atom stereocenters. The van der Waals surface area contributed by atoms with E-state index in [1.54, 1.807) is 24.3 Å². The Hall–Kier alpha value is -2.89. The molecule has 1 aliphatic rings. The zero-order valence-corrected chi connectivity index (χ0v) is 12.3. The molecule has 0 bridgehead atoms. The SMILES string of the molecule is O=C1C=CC(c2ccc(OC(F)F)cc2)=NC1c1cccc(F)c1. The molecule has 2 aromatic carbocycles. The number of allylic oxidation sites excluding steroid dienone is 1. The van der Waals surface area contributed by atoms with Crippen molar-refractivity contribution in [3.05, 3.63) is 77.6 Å². The first kappa shape index (κ1) is 16.0. The van der Waals surface area contributed by atoms with Crippen LogP contribution in [0, 0.1) is 5.82 Å². The van der Waals surface area contributed by atoms with Gasteiger partial charge >= 0.3 is 6.61 Å². The summed E-state index contributed by atoms with van der Waals surface area (Å²) in [5, 5.41) is 0. The Morgan fingerprint density at radius 1 is 1.04 bits per heavy atom. The van der Waals surface area contributed by atoms with Crippen LogP contribution in [-0.2, 0) is 4.79 Å². The number of hydrogen-bond acceptors (Lipinski definition) is 3. The molecule has 0 spiro atoms. The van der Waals surface area contributed by atoms with Gasteiger partial charge in [-0.25, -0.2) is 4.39 Å². The zero-order chi connectivity index (χ0) is 17.1. The Morgan fingerprint density at radius 3 is 2.46 bits per heavy atom. The van der Waals surface area contributed by atoms with Crippen LogP contribution in [0.15, 0.2) is 65.7 Å². The number of ketones is 1. The number of alkyl halides is 2. The van der Waals surface area contributed by atoms with Crippen molar-refractivity contribution < 1.29 is 22.7 Å². The molecule has 0 saturated carbocycles. The van der Waals surface area contributed by atoms with E-state index < -0.39 is 18.5 Å². The Bertz CT molecular complexity index is 813. The molecule has 0 fully saturated rings. The number of rotatable bonds is 4. The van der Waals surface area contributed by atoms with E-state index in [0.717, 1.165) is 0 Å². The van der Waals surface area contributed by atoms with Crippen LogP contribution in [0.1, 0.15) is 17.2 Å². The van der Waals surface area contributed by atoms with Gasteiger partial charge in [-0.05, 0) is 59.7 Å². The van der Waals surface area contributed by atoms with Crippen LogP contribution in [0.3, 0.4) is 0 Å². The first-order chi connectivity index (χ1) is 11.5. The maximum Gasteiger partial charge on any atom is 0.387 e. The van der Waals surface area contributed by atoms with Crippen LogP contribution in [0.4, 0.5) is 13.2 Å². The molecule has 0 saturated heterocycles. The zero-order valence-electron chi connectivity index (χ0n) is 12.3. The molecular formula is C18H12F3NO2. The number of aliphatic imine (C=N–C) groups is 1. The lowest BCUT2D eigenvalue weighted by Crippen LogP contribution is -2.16. The molecule has 1 aliphatic heterocycles. The number of ether oxygens (including phenoxy) is 1. The number of carbonyl (C=O) groups excluding carboxylic acids is 1. The highest BCUT2D eigenvalue weighted by Gasteiger charge is 2.22. The highest BCUT2D eigenvalue weighted by atomic mass is 19.3. The lowest BCUT2D eigenvalue weighted by atomic mass is 9.98. The number of nitrogens with zero attached hydrogens (tertiary/aromatic N) is 1. The number of dihydropyridines is 1. The smallest absolute Gasteiger partial charge is 0.387 e. The third-order valence-corrected chi connectivity index (χ3v) is 3.48. The standard InChI is InChI=1S/C18H12F3NO2/c19-13-3-1-2-12(10-13)17-16(23)9-8-15(22-17)11-4-6-14(7-5-11)24-18(20)21/h1-10,17-18H. The van der Waals surface area contributed by atoms with Crippen LogP contribution in [-0.4, -0.2) is 18.1 Å². The molecule has 0 amide bonds. The van der Waals surface area contributed by atoms with Gasteiger partial charge in [0.1, 0.15) is 17.6 Å². The highest BCUT2D eigenvalue weighted by molar-refractivity contribution is 6.15. The van der Waals surface area contributed by atoms with Gasteiger partial charge in [-0.2, -0.15) is 8.78 Å². The minimum atomic E-state index is -2.89. The van der Waals surface area contributed by atoms with Gasteiger partial charge < -0.3 is 4.74 Å². The van der Waals surface area contributed by atoms with Gasteiger partial charge in [-0.1, -0.05) is 12.1 Å². The molecule has 0 aromatic heterocycles. The molecule has 24 heavy (non-hydrogen) atoms. The molecule has 0 radical (unpaired) electrons. The monoisotopic (exact) mass is 331 g/mol. The lowest BCUT2D eigenvalue weighted by Gasteiger charge is -2.16. The predicted molar refractivity (Wildman–Crippen MR) is 82.9 cm³/mol. The first-order valence-electron chi connectivity index (χ1n) is 7.13. The van der Waals surface area contributed by atoms with E-state index in [1.807, 2.05) is 0 Å². The van der Waals surface area contributed by atoms with Gasteiger partial charge in [0.25, 0.3) is 0 Å². The molecule has 122 valence electrons. The third kappa shape index (κ3) is 3.53. The Labute approximate surface area is 136 Å². The van der Waals surface area contributed by atoms with Gasteiger partial charge in [0.15, 0.2) is 5.78 Å². The van der Waals surface area contributed by atoms with Crippen LogP contribution < -0.4 is 4.74 Å². The first-order valence-corrected chi connectivity index (χ1v) is 7.13. The summed E-state index contributed by atoms with van der Waals surface area (Å²) < 4.78 is 42.0. The van der Waals surface area contributed by atoms with Crippen molar-refractivity contribution in [2.24, 2.45) is 4.99 Å². The average Bonchev–Trinajstić information content (AvgIpc) is 2.55. The molecule has 6 heteroatoms. The average molecular weight is 331 g/mol. The largest absolute Gasteiger partial charge is 0.435 e. The second kappa shape index (κ2) is 6.70. The fourth-order valence-electron chi connectivity index (χ4n) is 2.39. The minimum Gasteiger partial charge on any atom is -0.435 e. The second-order valence-corrected chi connectivity index (χ2v) is 5.11. The molecule has 3 nitrogen and oxygen atoms in total. The minimum absolute atomic E-state index is 0.0342. The van der Waals surface area contributed by atoms with Crippen molar-refractivity contribution in [1.29, 1.82) is 0 Å². The quantitative estimate of drug-likeness (QED) is 0.846. The molecule has 0 aliphatic carbocycles. The summed E-state index contributed by atoms with van der Waals surface area (Å²) in [6.07, 6.45) is 2.92. The van der Waals surface area contributed by atoms with Crippen molar-refractivity contribution in [3.8, 4) is 5.75 Å². The molecule has 2 aromatic rings. The fourth-order valence-corrected chi connectivity index (χ4v) is 2.39. The summed E-state index contributed by atoms with van der Waals surface area (Å²) in [5.74, 6) is -0.658. The van der Waals surface area contributed by atoms with Crippen LogP contribution in [0.2, 0.25) is 0 Å². The maximum absolute atomic E-state index is 13.4. The van der Waals surface area contributed by atoms with E-state index in [4.69, 9.17) is 0 Å². The van der Waals surface area contributed by atoms with Crippen molar-refractivity contribution in [1.82, 2.24) is 0 Å². The molecule has 0 N–H and O–H groups in total. The van der Waals surface area contributed by atoms with E-state index in [0.29, 0.717) is 16.8 Å². The number of halogens is 3. The van der Waals surface area contributed by atoms with E-state index >= 15 is 0 Å². The normalized spacial score (nSPS) is 17.1. The molecule has 1 heterocycles. The molecular weight excluding hydrogens is 319 g/mol. The second-order valence-electron chi connectivity index (χ2n) is 5.11. The van der Waals surface area contributed by atoms with E-state index in [1.165, 1.54) is 36.4 Å². The Kier molecular flexibility index (Phi) is 4.46. The number of carbonyl (C=O) groups is 1. The van der Waals surface area contributed by atoms with E-state index in [2.05, 4.69) is 9.73 Å². The highest BCUT2D eigenvalue weighted by Crippen LogP contribution is 2.25.